The third kappa shape index (κ3) is 2.47. The zero-order chi connectivity index (χ0) is 15.9. The van der Waals surface area contributed by atoms with Crippen LogP contribution in [-0.4, -0.2) is 41.2 Å². The van der Waals surface area contributed by atoms with Gasteiger partial charge in [0.1, 0.15) is 0 Å². The zero-order valence-corrected chi connectivity index (χ0v) is 14.3. The fraction of sp³-hybridized carbons (Fsp3) is 0.722. The highest BCUT2D eigenvalue weighted by Crippen LogP contribution is 2.49. The van der Waals surface area contributed by atoms with Gasteiger partial charge in [0, 0.05) is 37.6 Å². The number of carbonyl (C=O) groups excluding carboxylic acids is 1. The average molecular weight is 304 g/mol. The Morgan fingerprint density at radius 2 is 2.09 bits per heavy atom. The third-order valence-electron chi connectivity index (χ3n) is 5.57. The lowest BCUT2D eigenvalue weighted by Crippen LogP contribution is -2.45. The van der Waals surface area contributed by atoms with Crippen molar-refractivity contribution in [3.8, 4) is 0 Å². The fourth-order valence-electron chi connectivity index (χ4n) is 4.38. The van der Waals surface area contributed by atoms with E-state index in [1.807, 2.05) is 0 Å². The lowest BCUT2D eigenvalue weighted by Gasteiger charge is -2.44. The molecule has 122 valence electrons. The summed E-state index contributed by atoms with van der Waals surface area (Å²) in [6.07, 6.45) is 3.80. The number of carbonyl (C=O) groups is 1. The molecule has 1 aromatic heterocycles. The SMILES string of the molecule is CCOC1CC2(CCN(C(=O)c3cc(C)n(CC)c3C)C2)C1. The van der Waals surface area contributed by atoms with Crippen molar-refractivity contribution in [1.29, 1.82) is 0 Å². The number of ether oxygens (including phenoxy) is 1. The van der Waals surface area contributed by atoms with E-state index in [9.17, 15) is 4.79 Å². The molecule has 1 saturated heterocycles. The highest BCUT2D eigenvalue weighted by molar-refractivity contribution is 5.96. The summed E-state index contributed by atoms with van der Waals surface area (Å²) >= 11 is 0. The van der Waals surface area contributed by atoms with Crippen LogP contribution in [0.1, 0.15) is 54.9 Å². The van der Waals surface area contributed by atoms with Crippen LogP contribution in [0.25, 0.3) is 0 Å². The molecule has 1 saturated carbocycles. The summed E-state index contributed by atoms with van der Waals surface area (Å²) in [5.41, 5.74) is 3.51. The van der Waals surface area contributed by atoms with Crippen LogP contribution in [0.5, 0.6) is 0 Å². The van der Waals surface area contributed by atoms with Crippen LogP contribution >= 0.6 is 0 Å². The van der Waals surface area contributed by atoms with E-state index >= 15 is 0 Å². The predicted octanol–water partition coefficient (Wildman–Crippen LogP) is 3.16. The number of hydrogen-bond donors (Lipinski definition) is 0. The molecule has 2 fully saturated rings. The molecule has 0 radical (unpaired) electrons. The Morgan fingerprint density at radius 1 is 1.36 bits per heavy atom. The maximum Gasteiger partial charge on any atom is 0.255 e. The molecule has 1 aliphatic heterocycles. The first-order valence-corrected chi connectivity index (χ1v) is 8.57. The lowest BCUT2D eigenvalue weighted by molar-refractivity contribution is -0.0707. The average Bonchev–Trinajstić information content (AvgIpc) is 3.00. The van der Waals surface area contributed by atoms with Crippen LogP contribution in [0.4, 0.5) is 0 Å². The summed E-state index contributed by atoms with van der Waals surface area (Å²) in [4.78, 5) is 14.9. The molecule has 3 rings (SSSR count). The van der Waals surface area contributed by atoms with Crippen molar-refractivity contribution < 1.29 is 9.53 Å². The first kappa shape index (κ1) is 15.6. The van der Waals surface area contributed by atoms with E-state index in [-0.39, 0.29) is 5.91 Å². The van der Waals surface area contributed by atoms with Crippen molar-refractivity contribution in [2.75, 3.05) is 19.7 Å². The molecule has 0 N–H and O–H groups in total. The summed E-state index contributed by atoms with van der Waals surface area (Å²) < 4.78 is 7.91. The van der Waals surface area contributed by atoms with Crippen molar-refractivity contribution in [2.24, 2.45) is 5.41 Å². The van der Waals surface area contributed by atoms with Crippen molar-refractivity contribution in [3.63, 3.8) is 0 Å². The largest absolute Gasteiger partial charge is 0.378 e. The van der Waals surface area contributed by atoms with Crippen LogP contribution in [-0.2, 0) is 11.3 Å². The standard InChI is InChI=1S/C18H28N2O2/c1-5-20-13(3)9-16(14(20)4)17(21)19-8-7-18(12-19)10-15(11-18)22-6-2/h9,15H,5-8,10-12H2,1-4H3. The number of likely N-dealkylation sites (tertiary alicyclic amines) is 1. The maximum atomic E-state index is 12.9. The molecular weight excluding hydrogens is 276 g/mol. The molecule has 1 amide bonds. The van der Waals surface area contributed by atoms with Gasteiger partial charge in [0.25, 0.3) is 5.91 Å². The Hall–Kier alpha value is -1.29. The van der Waals surface area contributed by atoms with E-state index in [0.717, 1.165) is 56.8 Å². The number of amides is 1. The molecule has 2 aliphatic rings. The fourth-order valence-corrected chi connectivity index (χ4v) is 4.38. The van der Waals surface area contributed by atoms with Gasteiger partial charge in [-0.3, -0.25) is 4.79 Å². The Kier molecular flexibility index (Phi) is 4.06. The molecule has 0 atom stereocenters. The Balaban J connectivity index is 1.68. The van der Waals surface area contributed by atoms with Crippen molar-refractivity contribution in [2.45, 2.75) is 59.6 Å². The quantitative estimate of drug-likeness (QED) is 0.856. The molecule has 1 aromatic rings. The van der Waals surface area contributed by atoms with Gasteiger partial charge in [0.15, 0.2) is 0 Å². The second kappa shape index (κ2) is 5.73. The predicted molar refractivity (Wildman–Crippen MR) is 87.2 cm³/mol. The minimum absolute atomic E-state index is 0.213. The van der Waals surface area contributed by atoms with Gasteiger partial charge in [-0.25, -0.2) is 0 Å². The van der Waals surface area contributed by atoms with Crippen molar-refractivity contribution in [1.82, 2.24) is 9.47 Å². The third-order valence-corrected chi connectivity index (χ3v) is 5.57. The van der Waals surface area contributed by atoms with E-state index < -0.39 is 0 Å². The van der Waals surface area contributed by atoms with E-state index in [0.29, 0.717) is 11.5 Å². The van der Waals surface area contributed by atoms with Crippen LogP contribution < -0.4 is 0 Å². The number of nitrogens with zero attached hydrogens (tertiary/aromatic N) is 2. The molecule has 22 heavy (non-hydrogen) atoms. The van der Waals surface area contributed by atoms with E-state index in [1.165, 1.54) is 5.69 Å². The molecule has 0 unspecified atom stereocenters. The summed E-state index contributed by atoms with van der Waals surface area (Å²) in [6, 6.07) is 2.05. The molecule has 2 heterocycles. The molecular formula is C18H28N2O2. The van der Waals surface area contributed by atoms with Gasteiger partial charge in [0.05, 0.1) is 11.7 Å². The van der Waals surface area contributed by atoms with Gasteiger partial charge in [-0.15, -0.1) is 0 Å². The normalized spacial score (nSPS) is 27.5. The van der Waals surface area contributed by atoms with E-state index in [2.05, 4.69) is 43.2 Å². The smallest absolute Gasteiger partial charge is 0.255 e. The number of rotatable bonds is 4. The van der Waals surface area contributed by atoms with Crippen LogP contribution in [0.3, 0.4) is 0 Å². The van der Waals surface area contributed by atoms with Crippen molar-refractivity contribution >= 4 is 5.91 Å². The van der Waals surface area contributed by atoms with Crippen LogP contribution in [0, 0.1) is 19.3 Å². The topological polar surface area (TPSA) is 34.5 Å². The highest BCUT2D eigenvalue weighted by Gasteiger charge is 2.50. The summed E-state index contributed by atoms with van der Waals surface area (Å²) in [5, 5.41) is 0. The molecule has 4 heteroatoms. The Labute approximate surface area is 133 Å². The van der Waals surface area contributed by atoms with Gasteiger partial charge in [-0.05, 0) is 58.4 Å². The highest BCUT2D eigenvalue weighted by atomic mass is 16.5. The maximum absolute atomic E-state index is 12.9. The van der Waals surface area contributed by atoms with E-state index in [4.69, 9.17) is 4.74 Å². The summed E-state index contributed by atoms with van der Waals surface area (Å²) in [5.74, 6) is 0.213. The van der Waals surface area contributed by atoms with Gasteiger partial charge in [0.2, 0.25) is 0 Å². The number of aryl methyl sites for hydroxylation is 1. The molecule has 0 aromatic carbocycles. The van der Waals surface area contributed by atoms with Crippen LogP contribution in [0.2, 0.25) is 0 Å². The Bertz CT molecular complexity index is 570. The molecule has 0 bridgehead atoms. The zero-order valence-electron chi connectivity index (χ0n) is 14.3. The first-order valence-electron chi connectivity index (χ1n) is 8.57. The number of aromatic nitrogens is 1. The minimum atomic E-state index is 0.213. The number of hydrogen-bond acceptors (Lipinski definition) is 2. The Morgan fingerprint density at radius 3 is 2.68 bits per heavy atom. The van der Waals surface area contributed by atoms with Crippen LogP contribution in [0.15, 0.2) is 6.07 Å². The van der Waals surface area contributed by atoms with Gasteiger partial charge in [-0.2, -0.15) is 0 Å². The second-order valence-corrected chi connectivity index (χ2v) is 6.99. The van der Waals surface area contributed by atoms with Gasteiger partial charge in [-0.1, -0.05) is 0 Å². The first-order chi connectivity index (χ1) is 10.5. The van der Waals surface area contributed by atoms with E-state index in [1.54, 1.807) is 0 Å². The van der Waals surface area contributed by atoms with Gasteiger partial charge < -0.3 is 14.2 Å². The summed E-state index contributed by atoms with van der Waals surface area (Å²) in [6.45, 7) is 11.8. The molecule has 1 spiro atoms. The summed E-state index contributed by atoms with van der Waals surface area (Å²) in [7, 11) is 0. The molecule has 4 nitrogen and oxygen atoms in total. The molecule has 1 aliphatic carbocycles. The second-order valence-electron chi connectivity index (χ2n) is 6.99. The van der Waals surface area contributed by atoms with Gasteiger partial charge >= 0.3 is 0 Å². The minimum Gasteiger partial charge on any atom is -0.378 e. The van der Waals surface area contributed by atoms with Crippen molar-refractivity contribution in [3.05, 3.63) is 23.0 Å². The lowest BCUT2D eigenvalue weighted by atomic mass is 9.66. The monoisotopic (exact) mass is 304 g/mol.